The highest BCUT2D eigenvalue weighted by Crippen LogP contribution is 2.35. The summed E-state index contributed by atoms with van der Waals surface area (Å²) >= 11 is 17.7. The smallest absolute Gasteiger partial charge is 0.160 e. The first-order valence-electron chi connectivity index (χ1n) is 4.70. The maximum absolute atomic E-state index is 9.79. The Balaban J connectivity index is 4.40. The van der Waals surface area contributed by atoms with Gasteiger partial charge in [-0.25, -0.2) is 0 Å². The Hall–Kier alpha value is 0.570. The highest BCUT2D eigenvalue weighted by molar-refractivity contribution is 6.52. The number of hydrogen-bond acceptors (Lipinski definition) is 1. The van der Waals surface area contributed by atoms with Gasteiger partial charge in [0.1, 0.15) is 0 Å². The zero-order valence-electron chi connectivity index (χ0n) is 8.73. The zero-order chi connectivity index (χ0) is 11.4. The molecule has 0 saturated heterocycles. The molecule has 0 aromatic carbocycles. The molecule has 2 atom stereocenters. The number of alkyl halides is 3. The number of aliphatic hydroxyl groups is 1. The molecule has 0 aromatic heterocycles. The zero-order valence-corrected chi connectivity index (χ0v) is 11.0. The molecule has 0 aliphatic carbocycles. The molecule has 2 unspecified atom stereocenters. The van der Waals surface area contributed by atoms with Gasteiger partial charge >= 0.3 is 0 Å². The number of hydrogen-bond donors (Lipinski definition) is 1. The summed E-state index contributed by atoms with van der Waals surface area (Å²) in [5.41, 5.74) is 1.13. The molecular formula is C10H17Cl3O. The Morgan fingerprint density at radius 3 is 2.29 bits per heavy atom. The molecule has 14 heavy (non-hydrogen) atoms. The molecule has 0 spiro atoms. The lowest BCUT2D eigenvalue weighted by atomic mass is 10.0. The summed E-state index contributed by atoms with van der Waals surface area (Å²) in [7, 11) is 0. The van der Waals surface area contributed by atoms with Crippen molar-refractivity contribution in [2.24, 2.45) is 0 Å². The quantitative estimate of drug-likeness (QED) is 0.586. The Morgan fingerprint density at radius 2 is 2.00 bits per heavy atom. The highest BCUT2D eigenvalue weighted by Gasteiger charge is 2.38. The Kier molecular flexibility index (Phi) is 6.47. The lowest BCUT2D eigenvalue weighted by Gasteiger charge is -2.28. The van der Waals surface area contributed by atoms with E-state index in [9.17, 15) is 5.11 Å². The topological polar surface area (TPSA) is 20.2 Å². The molecule has 0 radical (unpaired) electrons. The van der Waals surface area contributed by atoms with Crippen LogP contribution >= 0.6 is 34.8 Å². The molecule has 0 aliphatic heterocycles. The second-order valence-electron chi connectivity index (χ2n) is 3.31. The monoisotopic (exact) mass is 258 g/mol. The van der Waals surface area contributed by atoms with E-state index < -0.39 is 15.8 Å². The van der Waals surface area contributed by atoms with Crippen LogP contribution in [0.4, 0.5) is 0 Å². The summed E-state index contributed by atoms with van der Waals surface area (Å²) in [6, 6.07) is 0. The summed E-state index contributed by atoms with van der Waals surface area (Å²) < 4.78 is -1.29. The number of aliphatic hydroxyl groups excluding tert-OH is 1. The van der Waals surface area contributed by atoms with E-state index >= 15 is 0 Å². The summed E-state index contributed by atoms with van der Waals surface area (Å²) in [5.74, 6) is 0. The summed E-state index contributed by atoms with van der Waals surface area (Å²) in [4.78, 5) is 0. The van der Waals surface area contributed by atoms with Gasteiger partial charge in [-0.05, 0) is 26.7 Å². The molecular weight excluding hydrogens is 242 g/mol. The second-order valence-corrected chi connectivity index (χ2v) is 5.41. The molecule has 1 N–H and O–H groups in total. The summed E-state index contributed by atoms with van der Waals surface area (Å²) in [6.45, 7) is 5.63. The van der Waals surface area contributed by atoms with Crippen LogP contribution in [0.25, 0.3) is 0 Å². The third-order valence-corrected chi connectivity index (χ3v) is 4.02. The van der Waals surface area contributed by atoms with Crippen molar-refractivity contribution < 1.29 is 5.11 Å². The SMILES string of the molecule is CC=C(CC)CC(O)C(Cl)(Cl)C(C)Cl. The molecule has 0 rings (SSSR count). The van der Waals surface area contributed by atoms with Gasteiger partial charge in [-0.1, -0.05) is 41.8 Å². The molecule has 0 aliphatic rings. The summed E-state index contributed by atoms with van der Waals surface area (Å²) in [5, 5.41) is 9.30. The third kappa shape index (κ3) is 3.98. The van der Waals surface area contributed by atoms with Crippen LogP contribution in [0.5, 0.6) is 0 Å². The second kappa shape index (κ2) is 6.22. The van der Waals surface area contributed by atoms with E-state index in [4.69, 9.17) is 34.8 Å². The van der Waals surface area contributed by atoms with Crippen molar-refractivity contribution in [2.75, 3.05) is 0 Å². The van der Waals surface area contributed by atoms with Crippen LogP contribution in [0, 0.1) is 0 Å². The maximum atomic E-state index is 9.79. The van der Waals surface area contributed by atoms with Gasteiger partial charge in [0, 0.05) is 0 Å². The van der Waals surface area contributed by atoms with Gasteiger partial charge in [0.25, 0.3) is 0 Å². The molecule has 0 bridgehead atoms. The van der Waals surface area contributed by atoms with Gasteiger partial charge in [-0.2, -0.15) is 0 Å². The van der Waals surface area contributed by atoms with Crippen LogP contribution in [-0.4, -0.2) is 20.9 Å². The van der Waals surface area contributed by atoms with E-state index in [1.807, 2.05) is 19.9 Å². The first-order valence-corrected chi connectivity index (χ1v) is 5.89. The minimum absolute atomic E-state index is 0.469. The maximum Gasteiger partial charge on any atom is 0.160 e. The van der Waals surface area contributed by atoms with Crippen LogP contribution in [0.15, 0.2) is 11.6 Å². The standard InChI is InChI=1S/C10H17Cl3O/c1-4-8(5-2)6-9(14)10(12,13)7(3)11/h4,7,9,14H,5-6H2,1-3H3. The van der Waals surface area contributed by atoms with Gasteiger partial charge in [0.2, 0.25) is 0 Å². The van der Waals surface area contributed by atoms with Crippen LogP contribution in [0.1, 0.15) is 33.6 Å². The molecule has 4 heteroatoms. The molecule has 0 aromatic rings. The van der Waals surface area contributed by atoms with Gasteiger partial charge in [-0.15, -0.1) is 11.6 Å². The van der Waals surface area contributed by atoms with Crippen LogP contribution in [-0.2, 0) is 0 Å². The van der Waals surface area contributed by atoms with E-state index in [2.05, 4.69) is 0 Å². The van der Waals surface area contributed by atoms with Crippen LogP contribution < -0.4 is 0 Å². The van der Waals surface area contributed by atoms with Crippen molar-refractivity contribution in [1.29, 1.82) is 0 Å². The molecule has 1 nitrogen and oxygen atoms in total. The fourth-order valence-electron chi connectivity index (χ4n) is 1.12. The number of rotatable bonds is 5. The first-order chi connectivity index (χ1) is 6.36. The van der Waals surface area contributed by atoms with Gasteiger partial charge in [-0.3, -0.25) is 0 Å². The van der Waals surface area contributed by atoms with E-state index in [-0.39, 0.29) is 0 Å². The fraction of sp³-hybridized carbons (Fsp3) is 0.800. The lowest BCUT2D eigenvalue weighted by Crippen LogP contribution is -2.38. The minimum atomic E-state index is -1.29. The Bertz CT molecular complexity index is 200. The third-order valence-electron chi connectivity index (χ3n) is 2.29. The molecule has 84 valence electrons. The van der Waals surface area contributed by atoms with E-state index in [1.165, 1.54) is 0 Å². The predicted molar refractivity (Wildman–Crippen MR) is 64.4 cm³/mol. The van der Waals surface area contributed by atoms with E-state index in [0.717, 1.165) is 12.0 Å². The first kappa shape index (κ1) is 14.6. The van der Waals surface area contributed by atoms with Gasteiger partial charge in [0.05, 0.1) is 11.5 Å². The van der Waals surface area contributed by atoms with Crippen molar-refractivity contribution in [3.05, 3.63) is 11.6 Å². The van der Waals surface area contributed by atoms with Gasteiger partial charge in [0.15, 0.2) is 4.33 Å². The predicted octanol–water partition coefficient (Wildman–Crippen LogP) is 3.89. The minimum Gasteiger partial charge on any atom is -0.390 e. The van der Waals surface area contributed by atoms with Gasteiger partial charge < -0.3 is 5.11 Å². The normalized spacial score (nSPS) is 18.1. The molecule has 0 fully saturated rings. The number of allylic oxidation sites excluding steroid dienone is 1. The number of halogens is 3. The lowest BCUT2D eigenvalue weighted by molar-refractivity contribution is 0.154. The van der Waals surface area contributed by atoms with E-state index in [1.54, 1.807) is 6.92 Å². The molecule has 0 heterocycles. The molecule has 0 amide bonds. The average Bonchev–Trinajstić information content (AvgIpc) is 2.13. The van der Waals surface area contributed by atoms with Crippen molar-refractivity contribution >= 4 is 34.8 Å². The summed E-state index contributed by atoms with van der Waals surface area (Å²) in [6.07, 6.45) is 2.49. The fourth-order valence-corrected chi connectivity index (χ4v) is 1.42. The van der Waals surface area contributed by atoms with Crippen molar-refractivity contribution in [2.45, 2.75) is 49.4 Å². The highest BCUT2D eigenvalue weighted by atomic mass is 35.5. The van der Waals surface area contributed by atoms with Crippen molar-refractivity contribution in [1.82, 2.24) is 0 Å². The Morgan fingerprint density at radius 1 is 1.50 bits per heavy atom. The largest absolute Gasteiger partial charge is 0.390 e. The average molecular weight is 260 g/mol. The van der Waals surface area contributed by atoms with E-state index in [0.29, 0.717) is 6.42 Å². The van der Waals surface area contributed by atoms with Crippen molar-refractivity contribution in [3.8, 4) is 0 Å². The molecule has 0 saturated carbocycles. The van der Waals surface area contributed by atoms with Crippen LogP contribution in [0.2, 0.25) is 0 Å². The van der Waals surface area contributed by atoms with Crippen molar-refractivity contribution in [3.63, 3.8) is 0 Å². The Labute approximate surface area is 101 Å². The van der Waals surface area contributed by atoms with Crippen LogP contribution in [0.3, 0.4) is 0 Å².